The number of carbonyl (C=O) groups excluding carboxylic acids is 3. The molecule has 3 aromatic rings. The summed E-state index contributed by atoms with van der Waals surface area (Å²) in [5, 5.41) is 13.3. The normalized spacial score (nSPS) is 16.7. The number of pyridine rings is 1. The molecule has 4 heterocycles. The second-order valence-corrected chi connectivity index (χ2v) is 10.2. The lowest BCUT2D eigenvalue weighted by Crippen LogP contribution is -2.57. The molecule has 1 spiro atoms. The minimum Gasteiger partial charge on any atom is -0.383 e. The minimum absolute atomic E-state index is 0.0774. The van der Waals surface area contributed by atoms with Crippen LogP contribution in [-0.4, -0.2) is 80.3 Å². The standard InChI is InChI=1S/C27H28F3N9O3/c1-36-21(12-20(35-36)27(28,29)30)34-22(40)15-38-16-39(19-5-3-2-4-6-19)26(25(38)42)7-9-37(10-8-26)24(41)18-11-17(13-31)23(32)33-14-18/h2-6,11-14,31H,7-10,15-16H2,1H3,(H2,32,33)(H,34,40). The molecule has 42 heavy (non-hydrogen) atoms. The van der Waals surface area contributed by atoms with Crippen LogP contribution < -0.4 is 16.0 Å². The number of para-hydroxylation sites is 1. The molecule has 2 aliphatic rings. The maximum absolute atomic E-state index is 13.9. The fourth-order valence-corrected chi connectivity index (χ4v) is 5.39. The number of aromatic nitrogens is 3. The van der Waals surface area contributed by atoms with Gasteiger partial charge in [0.2, 0.25) is 5.91 Å². The van der Waals surface area contributed by atoms with Gasteiger partial charge in [-0.1, -0.05) is 18.2 Å². The van der Waals surface area contributed by atoms with Crippen molar-refractivity contribution >= 4 is 41.3 Å². The lowest BCUT2D eigenvalue weighted by molar-refractivity contribution is -0.141. The van der Waals surface area contributed by atoms with Crippen LogP contribution >= 0.6 is 0 Å². The molecule has 2 aromatic heterocycles. The number of nitrogens with zero attached hydrogens (tertiary/aromatic N) is 6. The number of nitrogen functional groups attached to an aromatic ring is 1. The first-order chi connectivity index (χ1) is 19.9. The third kappa shape index (κ3) is 5.24. The highest BCUT2D eigenvalue weighted by Gasteiger charge is 2.54. The molecule has 4 N–H and O–H groups in total. The number of rotatable bonds is 6. The summed E-state index contributed by atoms with van der Waals surface area (Å²) in [5.74, 6) is -1.29. The highest BCUT2D eigenvalue weighted by Crippen LogP contribution is 2.40. The van der Waals surface area contributed by atoms with E-state index in [4.69, 9.17) is 11.1 Å². The molecule has 220 valence electrons. The van der Waals surface area contributed by atoms with E-state index in [0.717, 1.165) is 22.7 Å². The third-order valence-corrected chi connectivity index (χ3v) is 7.58. The monoisotopic (exact) mass is 583 g/mol. The maximum Gasteiger partial charge on any atom is 0.435 e. The van der Waals surface area contributed by atoms with E-state index in [9.17, 15) is 27.6 Å². The van der Waals surface area contributed by atoms with Gasteiger partial charge < -0.3 is 31.2 Å². The number of hydrogen-bond donors (Lipinski definition) is 3. The molecule has 3 amide bonds. The number of nitrogens with two attached hydrogens (primary N) is 1. The van der Waals surface area contributed by atoms with Gasteiger partial charge in [-0.3, -0.25) is 19.1 Å². The number of likely N-dealkylation sites (tertiary alicyclic amines) is 1. The predicted molar refractivity (Wildman–Crippen MR) is 147 cm³/mol. The van der Waals surface area contributed by atoms with Gasteiger partial charge >= 0.3 is 6.18 Å². The number of benzene rings is 1. The maximum atomic E-state index is 13.9. The lowest BCUT2D eigenvalue weighted by Gasteiger charge is -2.43. The quantitative estimate of drug-likeness (QED) is 0.377. The van der Waals surface area contributed by atoms with Crippen LogP contribution in [0.5, 0.6) is 0 Å². The van der Waals surface area contributed by atoms with Gasteiger partial charge in [0.1, 0.15) is 23.7 Å². The van der Waals surface area contributed by atoms with E-state index in [1.54, 1.807) is 4.90 Å². The van der Waals surface area contributed by atoms with Gasteiger partial charge in [0.05, 0.1) is 12.2 Å². The van der Waals surface area contributed by atoms with Crippen LogP contribution in [0.25, 0.3) is 0 Å². The first kappa shape index (κ1) is 28.6. The number of hydrogen-bond acceptors (Lipinski definition) is 8. The molecular weight excluding hydrogens is 555 g/mol. The number of aryl methyl sites for hydroxylation is 1. The van der Waals surface area contributed by atoms with Crippen molar-refractivity contribution in [3.8, 4) is 0 Å². The molecule has 0 atom stereocenters. The Morgan fingerprint density at radius 2 is 1.86 bits per heavy atom. The number of piperidine rings is 1. The fourth-order valence-electron chi connectivity index (χ4n) is 5.39. The fraction of sp³-hybridized carbons (Fsp3) is 0.333. The Bertz CT molecular complexity index is 1530. The van der Waals surface area contributed by atoms with Crippen molar-refractivity contribution < 1.29 is 27.6 Å². The largest absolute Gasteiger partial charge is 0.435 e. The predicted octanol–water partition coefficient (Wildman–Crippen LogP) is 2.33. The van der Waals surface area contributed by atoms with Gasteiger partial charge in [0.25, 0.3) is 11.8 Å². The summed E-state index contributed by atoms with van der Waals surface area (Å²) in [7, 11) is 1.28. The van der Waals surface area contributed by atoms with E-state index in [0.29, 0.717) is 5.56 Å². The Morgan fingerprint density at radius 1 is 1.17 bits per heavy atom. The molecule has 2 saturated heterocycles. The molecular formula is C27H28F3N9O3. The van der Waals surface area contributed by atoms with E-state index in [1.165, 1.54) is 24.2 Å². The Hall–Kier alpha value is -4.95. The van der Waals surface area contributed by atoms with E-state index in [2.05, 4.69) is 15.4 Å². The van der Waals surface area contributed by atoms with Gasteiger partial charge in [-0.15, -0.1) is 0 Å². The summed E-state index contributed by atoms with van der Waals surface area (Å²) in [6.45, 7) is 0.178. The van der Waals surface area contributed by atoms with Gasteiger partial charge in [-0.25, -0.2) is 4.98 Å². The Morgan fingerprint density at radius 3 is 2.48 bits per heavy atom. The molecule has 0 radical (unpaired) electrons. The first-order valence-electron chi connectivity index (χ1n) is 13.0. The van der Waals surface area contributed by atoms with Gasteiger partial charge in [-0.2, -0.15) is 18.3 Å². The number of halogens is 3. The first-order valence-corrected chi connectivity index (χ1v) is 13.0. The lowest BCUT2D eigenvalue weighted by atomic mass is 9.85. The average molecular weight is 584 g/mol. The molecule has 1 aromatic carbocycles. The van der Waals surface area contributed by atoms with Crippen molar-refractivity contribution in [1.82, 2.24) is 24.6 Å². The second-order valence-electron chi connectivity index (χ2n) is 10.2. The van der Waals surface area contributed by atoms with Gasteiger partial charge in [-0.05, 0) is 31.0 Å². The van der Waals surface area contributed by atoms with E-state index < -0.39 is 23.3 Å². The molecule has 0 bridgehead atoms. The number of carbonyl (C=O) groups is 3. The SMILES string of the molecule is Cn1nc(C(F)(F)F)cc1NC(=O)CN1CN(c2ccccc2)C2(CCN(C(=O)c3cnc(N)c(C=N)c3)CC2)C1=O. The average Bonchev–Trinajstić information content (AvgIpc) is 3.46. The second kappa shape index (κ2) is 10.8. The van der Waals surface area contributed by atoms with Crippen molar-refractivity contribution in [2.45, 2.75) is 24.6 Å². The molecule has 12 nitrogen and oxygen atoms in total. The highest BCUT2D eigenvalue weighted by atomic mass is 19.4. The summed E-state index contributed by atoms with van der Waals surface area (Å²) in [4.78, 5) is 48.9. The summed E-state index contributed by atoms with van der Waals surface area (Å²) < 4.78 is 40.0. The van der Waals surface area contributed by atoms with Crippen molar-refractivity contribution in [2.24, 2.45) is 7.05 Å². The number of alkyl halides is 3. The minimum atomic E-state index is -4.67. The number of amides is 3. The smallest absolute Gasteiger partial charge is 0.383 e. The van der Waals surface area contributed by atoms with Crippen LogP contribution in [0.15, 0.2) is 48.7 Å². The van der Waals surface area contributed by atoms with Crippen LogP contribution in [-0.2, 0) is 22.8 Å². The van der Waals surface area contributed by atoms with Crippen molar-refractivity contribution in [2.75, 3.05) is 42.3 Å². The van der Waals surface area contributed by atoms with Crippen molar-refractivity contribution in [3.05, 3.63) is 65.5 Å². The van der Waals surface area contributed by atoms with Crippen LogP contribution in [0.2, 0.25) is 0 Å². The van der Waals surface area contributed by atoms with E-state index in [1.807, 2.05) is 35.2 Å². The molecule has 2 aliphatic heterocycles. The van der Waals surface area contributed by atoms with Crippen molar-refractivity contribution in [1.29, 1.82) is 5.41 Å². The zero-order valence-electron chi connectivity index (χ0n) is 22.6. The number of anilines is 3. The van der Waals surface area contributed by atoms with Gasteiger partial charge in [0.15, 0.2) is 5.69 Å². The van der Waals surface area contributed by atoms with E-state index >= 15 is 0 Å². The topological polar surface area (TPSA) is 154 Å². The molecule has 5 rings (SSSR count). The summed E-state index contributed by atoms with van der Waals surface area (Å²) in [6, 6.07) is 11.4. The third-order valence-electron chi connectivity index (χ3n) is 7.58. The van der Waals surface area contributed by atoms with E-state index in [-0.39, 0.29) is 68.2 Å². The van der Waals surface area contributed by atoms with Crippen LogP contribution in [0, 0.1) is 5.41 Å². The molecule has 0 unspecified atom stereocenters. The van der Waals surface area contributed by atoms with Crippen LogP contribution in [0.3, 0.4) is 0 Å². The van der Waals surface area contributed by atoms with Crippen LogP contribution in [0.4, 0.5) is 30.5 Å². The molecule has 0 saturated carbocycles. The summed E-state index contributed by atoms with van der Waals surface area (Å²) >= 11 is 0. The number of nitrogens with one attached hydrogen (secondary N) is 2. The van der Waals surface area contributed by atoms with Gasteiger partial charge in [0, 0.05) is 49.9 Å². The zero-order chi connectivity index (χ0) is 30.2. The summed E-state index contributed by atoms with van der Waals surface area (Å²) in [5.41, 5.74) is 4.93. The Balaban J connectivity index is 1.33. The molecule has 15 heteroatoms. The zero-order valence-corrected chi connectivity index (χ0v) is 22.6. The Kier molecular flexibility index (Phi) is 7.34. The molecule has 0 aliphatic carbocycles. The Labute approximate surface area is 238 Å². The molecule has 2 fully saturated rings. The highest BCUT2D eigenvalue weighted by molar-refractivity contribution is 6.00. The summed E-state index contributed by atoms with van der Waals surface area (Å²) in [6.07, 6.45) is -1.74. The van der Waals surface area contributed by atoms with Crippen LogP contribution in [0.1, 0.15) is 34.5 Å². The van der Waals surface area contributed by atoms with Crippen molar-refractivity contribution in [3.63, 3.8) is 0 Å².